The maximum absolute atomic E-state index is 12.8. The zero-order chi connectivity index (χ0) is 15.3. The van der Waals surface area contributed by atoms with Gasteiger partial charge in [0.1, 0.15) is 0 Å². The summed E-state index contributed by atoms with van der Waals surface area (Å²) in [5, 5.41) is 0. The molecule has 2 atom stereocenters. The lowest BCUT2D eigenvalue weighted by Crippen LogP contribution is -2.10. The van der Waals surface area contributed by atoms with E-state index in [0.717, 1.165) is 5.56 Å². The van der Waals surface area contributed by atoms with Crippen LogP contribution < -0.4 is 0 Å². The number of carbonyl (C=O) groups is 1. The van der Waals surface area contributed by atoms with Crippen LogP contribution >= 0.6 is 0 Å². The van der Waals surface area contributed by atoms with Gasteiger partial charge >= 0.3 is 0 Å². The van der Waals surface area contributed by atoms with Crippen LogP contribution in [0.1, 0.15) is 56.6 Å². The van der Waals surface area contributed by atoms with Gasteiger partial charge in [0.05, 0.1) is 0 Å². The van der Waals surface area contributed by atoms with Crippen LogP contribution in [0.15, 0.2) is 30.3 Å². The van der Waals surface area contributed by atoms with E-state index in [9.17, 15) is 4.79 Å². The van der Waals surface area contributed by atoms with Gasteiger partial charge in [-0.15, -0.1) is 0 Å². The highest BCUT2D eigenvalue weighted by molar-refractivity contribution is 6.05. The van der Waals surface area contributed by atoms with Crippen molar-refractivity contribution in [3.63, 3.8) is 0 Å². The van der Waals surface area contributed by atoms with Crippen molar-refractivity contribution in [2.75, 3.05) is 0 Å². The smallest absolute Gasteiger partial charge is 0.167 e. The summed E-state index contributed by atoms with van der Waals surface area (Å²) in [6.07, 6.45) is 0. The minimum atomic E-state index is 0.0287. The van der Waals surface area contributed by atoms with Gasteiger partial charge in [0, 0.05) is 17.4 Å². The molecule has 1 aliphatic carbocycles. The molecule has 1 heteroatoms. The fourth-order valence-electron chi connectivity index (χ4n) is 3.79. The molecular weight excluding hydrogens is 256 g/mol. The van der Waals surface area contributed by atoms with Crippen LogP contribution in [0, 0.1) is 33.6 Å². The van der Waals surface area contributed by atoms with Gasteiger partial charge in [-0.2, -0.15) is 0 Å². The number of Topliss-reactive ketones (excluding diaryl/α,β-unsaturated/α-hetero) is 1. The Kier molecular flexibility index (Phi) is 3.24. The van der Waals surface area contributed by atoms with Crippen LogP contribution in [0.4, 0.5) is 0 Å². The highest BCUT2D eigenvalue weighted by Gasteiger charge is 2.40. The van der Waals surface area contributed by atoms with Crippen LogP contribution in [0.5, 0.6) is 0 Å². The molecule has 0 aliphatic heterocycles. The van der Waals surface area contributed by atoms with Crippen LogP contribution in [0.3, 0.4) is 0 Å². The second-order valence-corrected chi connectivity index (χ2v) is 6.33. The number of hydrogen-bond donors (Lipinski definition) is 0. The van der Waals surface area contributed by atoms with E-state index in [1.165, 1.54) is 33.4 Å². The van der Waals surface area contributed by atoms with E-state index < -0.39 is 0 Å². The first-order chi connectivity index (χ1) is 9.95. The molecule has 0 fully saturated rings. The SMILES string of the molecule is Cc1c(C)c(C)c2c(c1C)C(=O)[C@@H](C)[C@H]2c1ccccc1. The van der Waals surface area contributed by atoms with Crippen molar-refractivity contribution in [1.82, 2.24) is 0 Å². The van der Waals surface area contributed by atoms with Crippen LogP contribution in [0.2, 0.25) is 0 Å². The van der Waals surface area contributed by atoms with Gasteiger partial charge in [0.2, 0.25) is 0 Å². The van der Waals surface area contributed by atoms with E-state index in [1.54, 1.807) is 0 Å². The van der Waals surface area contributed by atoms with Crippen LogP contribution in [0.25, 0.3) is 0 Å². The van der Waals surface area contributed by atoms with Crippen molar-refractivity contribution in [2.24, 2.45) is 5.92 Å². The Morgan fingerprint density at radius 2 is 1.38 bits per heavy atom. The van der Waals surface area contributed by atoms with E-state index in [2.05, 4.69) is 58.9 Å². The van der Waals surface area contributed by atoms with Gasteiger partial charge in [0.25, 0.3) is 0 Å². The number of fused-ring (bicyclic) bond motifs is 1. The maximum atomic E-state index is 12.8. The van der Waals surface area contributed by atoms with Crippen molar-refractivity contribution >= 4 is 5.78 Å². The average molecular weight is 278 g/mol. The van der Waals surface area contributed by atoms with Gasteiger partial charge in [-0.3, -0.25) is 4.79 Å². The van der Waals surface area contributed by atoms with Gasteiger partial charge in [-0.05, 0) is 61.1 Å². The molecule has 0 N–H and O–H groups in total. The fourth-order valence-corrected chi connectivity index (χ4v) is 3.79. The third-order valence-corrected chi connectivity index (χ3v) is 5.37. The molecule has 21 heavy (non-hydrogen) atoms. The number of benzene rings is 2. The van der Waals surface area contributed by atoms with Crippen molar-refractivity contribution in [2.45, 2.75) is 40.5 Å². The van der Waals surface area contributed by atoms with E-state index in [4.69, 9.17) is 0 Å². The van der Waals surface area contributed by atoms with Crippen molar-refractivity contribution in [3.8, 4) is 0 Å². The lowest BCUT2D eigenvalue weighted by Gasteiger charge is -2.20. The maximum Gasteiger partial charge on any atom is 0.167 e. The second kappa shape index (κ2) is 4.84. The minimum Gasteiger partial charge on any atom is -0.294 e. The number of carbonyl (C=O) groups excluding carboxylic acids is 1. The summed E-state index contributed by atoms with van der Waals surface area (Å²) in [5.41, 5.74) is 8.55. The van der Waals surface area contributed by atoms with Crippen molar-refractivity contribution < 1.29 is 4.79 Å². The summed E-state index contributed by atoms with van der Waals surface area (Å²) in [4.78, 5) is 12.8. The van der Waals surface area contributed by atoms with Gasteiger partial charge in [-0.25, -0.2) is 0 Å². The Labute approximate surface area is 127 Å². The summed E-state index contributed by atoms with van der Waals surface area (Å²) in [5.74, 6) is 0.537. The van der Waals surface area contributed by atoms with Crippen molar-refractivity contribution in [1.29, 1.82) is 0 Å². The molecule has 0 aromatic heterocycles. The number of ketones is 1. The highest BCUT2D eigenvalue weighted by atomic mass is 16.1. The van der Waals surface area contributed by atoms with Gasteiger partial charge in [-0.1, -0.05) is 37.3 Å². The third-order valence-electron chi connectivity index (χ3n) is 5.37. The molecule has 3 rings (SSSR count). The van der Waals surface area contributed by atoms with E-state index >= 15 is 0 Å². The highest BCUT2D eigenvalue weighted by Crippen LogP contribution is 2.46. The lowest BCUT2D eigenvalue weighted by molar-refractivity contribution is 0.0939. The van der Waals surface area contributed by atoms with E-state index in [1.807, 2.05) is 6.07 Å². The molecular formula is C20H22O. The normalized spacial score (nSPS) is 20.7. The summed E-state index contributed by atoms with van der Waals surface area (Å²) in [6, 6.07) is 10.5. The minimum absolute atomic E-state index is 0.0287. The van der Waals surface area contributed by atoms with E-state index in [0.29, 0.717) is 5.78 Å². The number of hydrogen-bond acceptors (Lipinski definition) is 1. The molecule has 0 heterocycles. The Morgan fingerprint density at radius 1 is 0.810 bits per heavy atom. The summed E-state index contributed by atoms with van der Waals surface area (Å²) in [7, 11) is 0. The zero-order valence-electron chi connectivity index (χ0n) is 13.4. The van der Waals surface area contributed by atoms with Crippen LogP contribution in [-0.2, 0) is 0 Å². The average Bonchev–Trinajstić information content (AvgIpc) is 2.76. The standard InChI is InChI=1S/C20H22O/c1-11-12(2)14(4)19-18(13(11)3)17(15(5)20(19)21)16-9-7-6-8-10-16/h6-10,15,17H,1-5H3/t15-,17-/m0/s1. The molecule has 0 spiro atoms. The first kappa shape index (κ1) is 14.1. The molecule has 1 aliphatic rings. The summed E-state index contributed by atoms with van der Waals surface area (Å²) >= 11 is 0. The van der Waals surface area contributed by atoms with Crippen LogP contribution in [-0.4, -0.2) is 5.78 Å². The lowest BCUT2D eigenvalue weighted by atomic mass is 9.82. The monoisotopic (exact) mass is 278 g/mol. The molecule has 0 amide bonds. The zero-order valence-corrected chi connectivity index (χ0v) is 13.4. The molecule has 108 valence electrons. The largest absolute Gasteiger partial charge is 0.294 e. The Bertz CT molecular complexity index is 725. The molecule has 0 radical (unpaired) electrons. The predicted molar refractivity (Wildman–Crippen MR) is 87.2 cm³/mol. The topological polar surface area (TPSA) is 17.1 Å². The molecule has 2 aromatic rings. The fraction of sp³-hybridized carbons (Fsp3) is 0.350. The number of rotatable bonds is 1. The summed E-state index contributed by atoms with van der Waals surface area (Å²) in [6.45, 7) is 10.6. The molecule has 0 saturated carbocycles. The van der Waals surface area contributed by atoms with Gasteiger partial charge in [0.15, 0.2) is 5.78 Å². The first-order valence-electron chi connectivity index (χ1n) is 7.64. The summed E-state index contributed by atoms with van der Waals surface area (Å²) < 4.78 is 0. The first-order valence-corrected chi connectivity index (χ1v) is 7.64. The Balaban J connectivity index is 2.33. The molecule has 1 nitrogen and oxygen atoms in total. The van der Waals surface area contributed by atoms with Crippen molar-refractivity contribution in [3.05, 3.63) is 69.3 Å². The quantitative estimate of drug-likeness (QED) is 0.726. The molecule has 2 aromatic carbocycles. The molecule has 0 saturated heterocycles. The van der Waals surface area contributed by atoms with Gasteiger partial charge < -0.3 is 0 Å². The third kappa shape index (κ3) is 1.87. The van der Waals surface area contributed by atoms with E-state index in [-0.39, 0.29) is 11.8 Å². The Hall–Kier alpha value is -1.89. The predicted octanol–water partition coefficient (Wildman–Crippen LogP) is 4.88. The molecule has 0 bridgehead atoms. The molecule has 0 unspecified atom stereocenters. The second-order valence-electron chi connectivity index (χ2n) is 6.33. The Morgan fingerprint density at radius 3 is 2.00 bits per heavy atom.